The number of carbonyl (C=O) groups excluding carboxylic acids is 1. The van der Waals surface area contributed by atoms with Crippen molar-refractivity contribution in [1.82, 2.24) is 4.90 Å². The summed E-state index contributed by atoms with van der Waals surface area (Å²) < 4.78 is 5.45. The molecular formula is C15H18N2O2. The molecule has 0 saturated carbocycles. The average molecular weight is 258 g/mol. The van der Waals surface area contributed by atoms with Crippen LogP contribution in [0.3, 0.4) is 0 Å². The summed E-state index contributed by atoms with van der Waals surface area (Å²) >= 11 is 0. The summed E-state index contributed by atoms with van der Waals surface area (Å²) in [7, 11) is 0. The molecule has 0 radical (unpaired) electrons. The zero-order valence-electron chi connectivity index (χ0n) is 11.1. The van der Waals surface area contributed by atoms with Crippen LogP contribution in [0.15, 0.2) is 24.3 Å². The second-order valence-electron chi connectivity index (χ2n) is 4.99. The lowest BCUT2D eigenvalue weighted by Gasteiger charge is -2.30. The van der Waals surface area contributed by atoms with Crippen molar-refractivity contribution >= 4 is 5.91 Å². The summed E-state index contributed by atoms with van der Waals surface area (Å²) in [5, 5.41) is 8.79. The van der Waals surface area contributed by atoms with Crippen LogP contribution in [0, 0.1) is 17.2 Å². The molecule has 0 unspecified atom stereocenters. The highest BCUT2D eigenvalue weighted by Crippen LogP contribution is 2.17. The maximum atomic E-state index is 12.0. The Morgan fingerprint density at radius 3 is 2.89 bits per heavy atom. The number of likely N-dealkylation sites (tertiary alicyclic amines) is 1. The Balaban J connectivity index is 1.84. The maximum Gasteiger partial charge on any atom is 0.260 e. The van der Waals surface area contributed by atoms with E-state index in [9.17, 15) is 4.79 Å². The van der Waals surface area contributed by atoms with Gasteiger partial charge in [-0.05, 0) is 37.0 Å². The summed E-state index contributed by atoms with van der Waals surface area (Å²) in [6.45, 7) is 3.90. The third-order valence-electron chi connectivity index (χ3n) is 3.46. The van der Waals surface area contributed by atoms with Crippen molar-refractivity contribution in [2.24, 2.45) is 5.92 Å². The molecular weight excluding hydrogens is 240 g/mol. The first kappa shape index (κ1) is 13.4. The van der Waals surface area contributed by atoms with E-state index in [-0.39, 0.29) is 12.5 Å². The molecule has 1 amide bonds. The van der Waals surface area contributed by atoms with Gasteiger partial charge in [0.2, 0.25) is 0 Å². The Morgan fingerprint density at radius 2 is 2.21 bits per heavy atom. The van der Waals surface area contributed by atoms with Crippen molar-refractivity contribution in [2.75, 3.05) is 19.7 Å². The van der Waals surface area contributed by atoms with Crippen LogP contribution in [0.2, 0.25) is 0 Å². The van der Waals surface area contributed by atoms with Crippen LogP contribution in [0.5, 0.6) is 5.75 Å². The number of nitrogens with zero attached hydrogens (tertiary/aromatic N) is 2. The number of rotatable bonds is 3. The Morgan fingerprint density at radius 1 is 1.47 bits per heavy atom. The van der Waals surface area contributed by atoms with E-state index in [2.05, 4.69) is 6.92 Å². The van der Waals surface area contributed by atoms with Gasteiger partial charge in [-0.1, -0.05) is 13.0 Å². The van der Waals surface area contributed by atoms with E-state index < -0.39 is 0 Å². The van der Waals surface area contributed by atoms with Gasteiger partial charge in [0.1, 0.15) is 5.75 Å². The molecule has 1 aliphatic heterocycles. The van der Waals surface area contributed by atoms with Crippen LogP contribution in [0.1, 0.15) is 25.3 Å². The lowest BCUT2D eigenvalue weighted by Crippen LogP contribution is -2.40. The van der Waals surface area contributed by atoms with Gasteiger partial charge in [0.25, 0.3) is 5.91 Å². The Labute approximate surface area is 113 Å². The second-order valence-corrected chi connectivity index (χ2v) is 4.99. The molecule has 1 saturated heterocycles. The van der Waals surface area contributed by atoms with E-state index >= 15 is 0 Å². The van der Waals surface area contributed by atoms with Crippen molar-refractivity contribution in [1.29, 1.82) is 5.26 Å². The number of carbonyl (C=O) groups is 1. The van der Waals surface area contributed by atoms with Crippen LogP contribution >= 0.6 is 0 Å². The van der Waals surface area contributed by atoms with Gasteiger partial charge in [-0.15, -0.1) is 0 Å². The largest absolute Gasteiger partial charge is 0.484 e. The SMILES string of the molecule is CC1CCN(C(=O)COc2cccc(C#N)c2)CC1. The normalized spacial score (nSPS) is 15.9. The first-order valence-electron chi connectivity index (χ1n) is 6.60. The average Bonchev–Trinajstić information content (AvgIpc) is 2.46. The second kappa shape index (κ2) is 6.24. The van der Waals surface area contributed by atoms with Crippen LogP contribution in [0.25, 0.3) is 0 Å². The van der Waals surface area contributed by atoms with E-state index in [1.807, 2.05) is 11.0 Å². The van der Waals surface area contributed by atoms with Crippen molar-refractivity contribution in [3.05, 3.63) is 29.8 Å². The quantitative estimate of drug-likeness (QED) is 0.835. The number of benzene rings is 1. The number of piperidine rings is 1. The predicted octanol–water partition coefficient (Wildman–Crippen LogP) is 2.20. The number of hydrogen-bond acceptors (Lipinski definition) is 3. The number of amides is 1. The molecule has 100 valence electrons. The molecule has 0 atom stereocenters. The highest BCUT2D eigenvalue weighted by molar-refractivity contribution is 5.77. The van der Waals surface area contributed by atoms with Gasteiger partial charge in [-0.2, -0.15) is 5.26 Å². The van der Waals surface area contributed by atoms with E-state index in [0.29, 0.717) is 17.2 Å². The summed E-state index contributed by atoms with van der Waals surface area (Å²) in [6, 6.07) is 8.91. The predicted molar refractivity (Wildman–Crippen MR) is 71.6 cm³/mol. The molecule has 0 spiro atoms. The first-order chi connectivity index (χ1) is 9.19. The van der Waals surface area contributed by atoms with E-state index in [4.69, 9.17) is 10.00 Å². The molecule has 1 fully saturated rings. The summed E-state index contributed by atoms with van der Waals surface area (Å²) in [6.07, 6.45) is 2.13. The first-order valence-corrected chi connectivity index (χ1v) is 6.60. The van der Waals surface area contributed by atoms with Crippen molar-refractivity contribution in [3.63, 3.8) is 0 Å². The van der Waals surface area contributed by atoms with E-state index in [0.717, 1.165) is 25.9 Å². The molecule has 1 aliphatic rings. The maximum absolute atomic E-state index is 12.0. The van der Waals surface area contributed by atoms with Gasteiger partial charge < -0.3 is 9.64 Å². The Bertz CT molecular complexity index is 485. The minimum Gasteiger partial charge on any atom is -0.484 e. The van der Waals surface area contributed by atoms with Gasteiger partial charge >= 0.3 is 0 Å². The minimum atomic E-state index is 0.0225. The fourth-order valence-electron chi connectivity index (χ4n) is 2.15. The molecule has 0 bridgehead atoms. The third kappa shape index (κ3) is 3.72. The third-order valence-corrected chi connectivity index (χ3v) is 3.46. The molecule has 1 heterocycles. The van der Waals surface area contributed by atoms with Crippen molar-refractivity contribution < 1.29 is 9.53 Å². The molecule has 0 aliphatic carbocycles. The number of nitriles is 1. The number of hydrogen-bond donors (Lipinski definition) is 0. The topological polar surface area (TPSA) is 53.3 Å². The lowest BCUT2D eigenvalue weighted by atomic mass is 9.99. The van der Waals surface area contributed by atoms with Crippen LogP contribution < -0.4 is 4.74 Å². The van der Waals surface area contributed by atoms with Gasteiger partial charge in [-0.25, -0.2) is 0 Å². The highest BCUT2D eigenvalue weighted by atomic mass is 16.5. The summed E-state index contributed by atoms with van der Waals surface area (Å²) in [5.41, 5.74) is 0.539. The molecule has 1 aromatic rings. The molecule has 19 heavy (non-hydrogen) atoms. The summed E-state index contributed by atoms with van der Waals surface area (Å²) in [5.74, 6) is 1.30. The standard InChI is InChI=1S/C15H18N2O2/c1-12-5-7-17(8-6-12)15(18)11-19-14-4-2-3-13(9-14)10-16/h2-4,9,12H,5-8,11H2,1H3. The van der Waals surface area contributed by atoms with Gasteiger partial charge in [0, 0.05) is 13.1 Å². The molecule has 0 aromatic heterocycles. The van der Waals surface area contributed by atoms with Crippen molar-refractivity contribution in [3.8, 4) is 11.8 Å². The van der Waals surface area contributed by atoms with Crippen LogP contribution in [0.4, 0.5) is 0 Å². The fraction of sp³-hybridized carbons (Fsp3) is 0.467. The molecule has 1 aromatic carbocycles. The van der Waals surface area contributed by atoms with Crippen LogP contribution in [-0.2, 0) is 4.79 Å². The minimum absolute atomic E-state index is 0.0225. The number of ether oxygens (including phenoxy) is 1. The monoisotopic (exact) mass is 258 g/mol. The van der Waals surface area contributed by atoms with Crippen LogP contribution in [-0.4, -0.2) is 30.5 Å². The summed E-state index contributed by atoms with van der Waals surface area (Å²) in [4.78, 5) is 13.8. The smallest absolute Gasteiger partial charge is 0.260 e. The van der Waals surface area contributed by atoms with E-state index in [1.165, 1.54) is 0 Å². The van der Waals surface area contributed by atoms with Gasteiger partial charge in [0.15, 0.2) is 6.61 Å². The molecule has 4 nitrogen and oxygen atoms in total. The zero-order chi connectivity index (χ0) is 13.7. The zero-order valence-corrected chi connectivity index (χ0v) is 11.1. The molecule has 2 rings (SSSR count). The highest BCUT2D eigenvalue weighted by Gasteiger charge is 2.20. The molecule has 4 heteroatoms. The lowest BCUT2D eigenvalue weighted by molar-refractivity contribution is -0.134. The van der Waals surface area contributed by atoms with Gasteiger partial charge in [0.05, 0.1) is 11.6 Å². The molecule has 0 N–H and O–H groups in total. The van der Waals surface area contributed by atoms with Gasteiger partial charge in [-0.3, -0.25) is 4.79 Å². The van der Waals surface area contributed by atoms with Crippen molar-refractivity contribution in [2.45, 2.75) is 19.8 Å². The van der Waals surface area contributed by atoms with E-state index in [1.54, 1.807) is 24.3 Å². The fourth-order valence-corrected chi connectivity index (χ4v) is 2.15. The Hall–Kier alpha value is -2.02. The Kier molecular flexibility index (Phi) is 4.40.